The van der Waals surface area contributed by atoms with Gasteiger partial charge in [-0.15, -0.1) is 0 Å². The number of amides is 1. The van der Waals surface area contributed by atoms with Crippen molar-refractivity contribution >= 4 is 34.6 Å². The van der Waals surface area contributed by atoms with Crippen LogP contribution in [0.15, 0.2) is 52.4 Å². The summed E-state index contributed by atoms with van der Waals surface area (Å²) in [4.78, 5) is 20.2. The maximum Gasteiger partial charge on any atom is 0.271 e. The van der Waals surface area contributed by atoms with Gasteiger partial charge in [-0.1, -0.05) is 23.8 Å². The predicted molar refractivity (Wildman–Crippen MR) is 112 cm³/mol. The molecule has 0 unspecified atom stereocenters. The molecular formula is C22H22N2O2S. The molecule has 4 rings (SSSR count). The van der Waals surface area contributed by atoms with Crippen molar-refractivity contribution in [3.63, 3.8) is 0 Å². The van der Waals surface area contributed by atoms with Gasteiger partial charge in [0.25, 0.3) is 5.91 Å². The number of nitrogens with zero attached hydrogens (tertiary/aromatic N) is 2. The second kappa shape index (κ2) is 7.24. The Morgan fingerprint density at radius 1 is 1.19 bits per heavy atom. The highest BCUT2D eigenvalue weighted by Gasteiger charge is 2.34. The van der Waals surface area contributed by atoms with Crippen LogP contribution in [0.4, 0.5) is 5.69 Å². The third-order valence-electron chi connectivity index (χ3n) is 4.48. The van der Waals surface area contributed by atoms with Gasteiger partial charge < -0.3 is 4.74 Å². The Hall–Kier alpha value is -2.53. The van der Waals surface area contributed by atoms with E-state index in [1.807, 2.05) is 63.2 Å². The van der Waals surface area contributed by atoms with Crippen LogP contribution < -0.4 is 9.64 Å². The molecule has 0 aliphatic carbocycles. The molecule has 2 aliphatic rings. The highest BCUT2D eigenvalue weighted by atomic mass is 32.2. The van der Waals surface area contributed by atoms with Gasteiger partial charge in [0, 0.05) is 12.5 Å². The summed E-state index contributed by atoms with van der Waals surface area (Å²) in [5.41, 5.74) is 4.23. The van der Waals surface area contributed by atoms with Crippen LogP contribution in [-0.2, 0) is 11.2 Å². The van der Waals surface area contributed by atoms with E-state index in [4.69, 9.17) is 4.74 Å². The molecule has 2 aromatic rings. The van der Waals surface area contributed by atoms with Crippen LogP contribution in [-0.4, -0.2) is 23.7 Å². The normalized spacial score (nSPS) is 19.3. The molecule has 2 heterocycles. The highest BCUT2D eigenvalue weighted by molar-refractivity contribution is 8.19. The number of anilines is 1. The average molecular weight is 378 g/mol. The largest absolute Gasteiger partial charge is 0.493 e. The fourth-order valence-electron chi connectivity index (χ4n) is 3.15. The fraction of sp³-hybridized carbons (Fsp3) is 0.273. The number of carbonyl (C=O) groups is 1. The summed E-state index contributed by atoms with van der Waals surface area (Å²) in [5, 5.41) is 0.731. The van der Waals surface area contributed by atoms with Gasteiger partial charge >= 0.3 is 0 Å². The Kier molecular flexibility index (Phi) is 4.79. The lowest BCUT2D eigenvalue weighted by molar-refractivity contribution is -0.113. The van der Waals surface area contributed by atoms with Crippen molar-refractivity contribution in [2.24, 2.45) is 4.99 Å². The van der Waals surface area contributed by atoms with E-state index < -0.39 is 0 Å². The Morgan fingerprint density at radius 2 is 1.96 bits per heavy atom. The molecule has 0 saturated carbocycles. The molecule has 0 atom stereocenters. The number of aliphatic imine (C=N–C) groups is 1. The molecule has 0 aromatic heterocycles. The molecular weight excluding hydrogens is 356 g/mol. The van der Waals surface area contributed by atoms with Gasteiger partial charge in [0.15, 0.2) is 5.17 Å². The molecule has 27 heavy (non-hydrogen) atoms. The molecule has 0 spiro atoms. The van der Waals surface area contributed by atoms with Crippen molar-refractivity contribution in [3.05, 3.63) is 64.1 Å². The summed E-state index contributed by atoms with van der Waals surface area (Å²) in [6, 6.07) is 14.2. The number of hydrogen-bond acceptors (Lipinski definition) is 4. The standard InChI is InChI=1S/C22H22N2O2S/c1-14(2)23-22-24(18-7-4-15(3)5-8-18)21(25)20(27-22)13-16-6-9-19-17(12-16)10-11-26-19/h4-9,12-14H,10-11H2,1-3H3/b20-13-,23-22?. The van der Waals surface area contributed by atoms with E-state index in [1.54, 1.807) is 4.90 Å². The zero-order valence-electron chi connectivity index (χ0n) is 15.7. The smallest absolute Gasteiger partial charge is 0.271 e. The first-order chi connectivity index (χ1) is 13.0. The second-order valence-corrected chi connectivity index (χ2v) is 8.07. The predicted octanol–water partition coefficient (Wildman–Crippen LogP) is 4.82. The second-order valence-electron chi connectivity index (χ2n) is 7.06. The van der Waals surface area contributed by atoms with Crippen LogP contribution in [0.2, 0.25) is 0 Å². The van der Waals surface area contributed by atoms with E-state index in [2.05, 4.69) is 11.1 Å². The van der Waals surface area contributed by atoms with Crippen molar-refractivity contribution in [1.29, 1.82) is 0 Å². The summed E-state index contributed by atoms with van der Waals surface area (Å²) in [7, 11) is 0. The minimum atomic E-state index is -0.0278. The number of hydrogen-bond donors (Lipinski definition) is 0. The first kappa shape index (κ1) is 17.9. The molecule has 0 bridgehead atoms. The number of thioether (sulfide) groups is 1. The maximum atomic E-state index is 13.2. The Bertz CT molecular complexity index is 945. The van der Waals surface area contributed by atoms with Gasteiger partial charge in [-0.05, 0) is 74.0 Å². The number of carbonyl (C=O) groups excluding carboxylic acids is 1. The summed E-state index contributed by atoms with van der Waals surface area (Å²) < 4.78 is 5.57. The zero-order valence-corrected chi connectivity index (χ0v) is 16.5. The summed E-state index contributed by atoms with van der Waals surface area (Å²) in [6.07, 6.45) is 2.87. The number of benzene rings is 2. The van der Waals surface area contributed by atoms with Gasteiger partial charge in [-0.25, -0.2) is 0 Å². The topological polar surface area (TPSA) is 41.9 Å². The van der Waals surface area contributed by atoms with E-state index in [0.717, 1.165) is 40.8 Å². The fourth-order valence-corrected chi connectivity index (χ4v) is 4.26. The van der Waals surface area contributed by atoms with Crippen LogP contribution in [0.25, 0.3) is 6.08 Å². The molecule has 2 aromatic carbocycles. The summed E-state index contributed by atoms with van der Waals surface area (Å²) in [6.45, 7) is 6.81. The van der Waals surface area contributed by atoms with Crippen molar-refractivity contribution in [2.75, 3.05) is 11.5 Å². The monoisotopic (exact) mass is 378 g/mol. The lowest BCUT2D eigenvalue weighted by atomic mass is 10.1. The Morgan fingerprint density at radius 3 is 2.70 bits per heavy atom. The Labute approximate surface area is 163 Å². The molecule has 1 amide bonds. The van der Waals surface area contributed by atoms with E-state index in [0.29, 0.717) is 4.91 Å². The highest BCUT2D eigenvalue weighted by Crippen LogP contribution is 2.37. The van der Waals surface area contributed by atoms with Crippen LogP contribution in [0, 0.1) is 6.92 Å². The van der Waals surface area contributed by atoms with Crippen molar-refractivity contribution in [1.82, 2.24) is 0 Å². The zero-order chi connectivity index (χ0) is 19.0. The number of ether oxygens (including phenoxy) is 1. The number of amidine groups is 1. The molecule has 4 nitrogen and oxygen atoms in total. The van der Waals surface area contributed by atoms with Crippen LogP contribution in [0.3, 0.4) is 0 Å². The molecule has 0 N–H and O–H groups in total. The minimum Gasteiger partial charge on any atom is -0.493 e. The number of rotatable bonds is 3. The SMILES string of the molecule is Cc1ccc(N2C(=O)/C(=C/c3ccc4c(c3)CCO4)SC2=NC(C)C)cc1. The van der Waals surface area contributed by atoms with E-state index >= 15 is 0 Å². The lowest BCUT2D eigenvalue weighted by Gasteiger charge is -2.16. The third kappa shape index (κ3) is 3.65. The van der Waals surface area contributed by atoms with Gasteiger partial charge in [0.05, 0.1) is 17.2 Å². The van der Waals surface area contributed by atoms with Crippen molar-refractivity contribution in [3.8, 4) is 5.75 Å². The summed E-state index contributed by atoms with van der Waals surface area (Å²) in [5.74, 6) is 0.922. The quantitative estimate of drug-likeness (QED) is 0.720. The minimum absolute atomic E-state index is 0.0278. The number of fused-ring (bicyclic) bond motifs is 1. The molecule has 1 saturated heterocycles. The maximum absolute atomic E-state index is 13.2. The summed E-state index contributed by atoms with van der Waals surface area (Å²) >= 11 is 1.44. The van der Waals surface area contributed by atoms with Gasteiger partial charge in [-0.2, -0.15) is 0 Å². The average Bonchev–Trinajstić information content (AvgIpc) is 3.20. The Balaban J connectivity index is 1.70. The number of aryl methyl sites for hydroxylation is 1. The molecule has 5 heteroatoms. The lowest BCUT2D eigenvalue weighted by Crippen LogP contribution is -2.29. The van der Waals surface area contributed by atoms with Crippen molar-refractivity contribution < 1.29 is 9.53 Å². The van der Waals surface area contributed by atoms with Gasteiger partial charge in [0.1, 0.15) is 5.75 Å². The first-order valence-corrected chi connectivity index (χ1v) is 9.97. The van der Waals surface area contributed by atoms with Crippen LogP contribution >= 0.6 is 11.8 Å². The van der Waals surface area contributed by atoms with E-state index in [-0.39, 0.29) is 11.9 Å². The third-order valence-corrected chi connectivity index (χ3v) is 5.46. The van der Waals surface area contributed by atoms with E-state index in [9.17, 15) is 4.79 Å². The van der Waals surface area contributed by atoms with E-state index in [1.165, 1.54) is 17.3 Å². The molecule has 138 valence electrons. The molecule has 2 aliphatic heterocycles. The van der Waals surface area contributed by atoms with Gasteiger partial charge in [0.2, 0.25) is 0 Å². The molecule has 0 radical (unpaired) electrons. The van der Waals surface area contributed by atoms with Crippen LogP contribution in [0.5, 0.6) is 5.75 Å². The van der Waals surface area contributed by atoms with Gasteiger partial charge in [-0.3, -0.25) is 14.7 Å². The van der Waals surface area contributed by atoms with Crippen molar-refractivity contribution in [2.45, 2.75) is 33.2 Å². The molecule has 1 fully saturated rings. The first-order valence-electron chi connectivity index (χ1n) is 9.15. The van der Waals surface area contributed by atoms with Crippen LogP contribution in [0.1, 0.15) is 30.5 Å².